The molecule has 0 bridgehead atoms. The molecule has 1 N–H and O–H groups in total. The minimum atomic E-state index is -0.595. The van der Waals surface area contributed by atoms with Gasteiger partial charge in [-0.15, -0.1) is 0 Å². The van der Waals surface area contributed by atoms with Crippen LogP contribution in [0.4, 0.5) is 5.95 Å². The molecule has 1 aromatic heterocycles. The molecule has 0 aliphatic carbocycles. The van der Waals surface area contributed by atoms with Crippen molar-refractivity contribution in [3.63, 3.8) is 0 Å². The van der Waals surface area contributed by atoms with Crippen LogP contribution in [0.3, 0.4) is 0 Å². The Morgan fingerprint density at radius 2 is 2.20 bits per heavy atom. The monoisotopic (exact) mass is 298 g/mol. The lowest BCUT2D eigenvalue weighted by atomic mass is 10.3. The highest BCUT2D eigenvalue weighted by atomic mass is 35.5. The van der Waals surface area contributed by atoms with Crippen LogP contribution in [-0.4, -0.2) is 58.7 Å². The summed E-state index contributed by atoms with van der Waals surface area (Å²) in [6.07, 6.45) is 3.09. The highest BCUT2D eigenvalue weighted by Gasteiger charge is 2.22. The number of anilines is 1. The van der Waals surface area contributed by atoms with Gasteiger partial charge in [0.15, 0.2) is 5.69 Å². The number of likely N-dealkylation sites (N-methyl/N-ethyl adjacent to an activating group) is 1. The predicted molar refractivity (Wildman–Crippen MR) is 77.1 cm³/mol. The van der Waals surface area contributed by atoms with Crippen molar-refractivity contribution in [3.8, 4) is 0 Å². The van der Waals surface area contributed by atoms with E-state index in [0.29, 0.717) is 5.95 Å². The predicted octanol–water partition coefficient (Wildman–Crippen LogP) is 1.18. The van der Waals surface area contributed by atoms with E-state index in [-0.39, 0.29) is 23.2 Å². The zero-order chi connectivity index (χ0) is 14.7. The quantitative estimate of drug-likeness (QED) is 0.904. The fraction of sp³-hybridized carbons (Fsp3) is 0.615. The molecule has 1 atom stereocenters. The summed E-state index contributed by atoms with van der Waals surface area (Å²) in [5, 5.41) is 9.58. The molecule has 1 aliphatic heterocycles. The van der Waals surface area contributed by atoms with E-state index in [0.717, 1.165) is 25.9 Å². The van der Waals surface area contributed by atoms with Gasteiger partial charge in [-0.05, 0) is 19.8 Å². The largest absolute Gasteiger partial charge is 0.392 e. The third-order valence-electron chi connectivity index (χ3n) is 3.21. The van der Waals surface area contributed by atoms with Crippen LogP contribution >= 0.6 is 11.6 Å². The zero-order valence-electron chi connectivity index (χ0n) is 11.7. The summed E-state index contributed by atoms with van der Waals surface area (Å²) in [5.74, 6) is 0.236. The Bertz CT molecular complexity index is 489. The van der Waals surface area contributed by atoms with Crippen molar-refractivity contribution in [1.29, 1.82) is 0 Å². The van der Waals surface area contributed by atoms with Crippen LogP contribution < -0.4 is 4.90 Å². The average Bonchev–Trinajstić information content (AvgIpc) is 2.91. The number of aromatic nitrogens is 2. The van der Waals surface area contributed by atoms with Crippen molar-refractivity contribution in [3.05, 3.63) is 16.9 Å². The lowest BCUT2D eigenvalue weighted by molar-refractivity contribution is 0.0698. The van der Waals surface area contributed by atoms with Gasteiger partial charge in [0.1, 0.15) is 0 Å². The second kappa shape index (κ2) is 6.37. The number of hydrogen-bond acceptors (Lipinski definition) is 5. The molecule has 1 aliphatic rings. The summed E-state index contributed by atoms with van der Waals surface area (Å²) in [7, 11) is 1.61. The van der Waals surface area contributed by atoms with Gasteiger partial charge in [-0.3, -0.25) is 4.79 Å². The summed E-state index contributed by atoms with van der Waals surface area (Å²) in [6, 6.07) is 0. The topological polar surface area (TPSA) is 69.6 Å². The van der Waals surface area contributed by atoms with Crippen molar-refractivity contribution in [2.24, 2.45) is 0 Å². The smallest absolute Gasteiger partial charge is 0.274 e. The molecule has 1 saturated heterocycles. The highest BCUT2D eigenvalue weighted by Crippen LogP contribution is 2.20. The van der Waals surface area contributed by atoms with Crippen LogP contribution in [0.1, 0.15) is 30.3 Å². The lowest BCUT2D eigenvalue weighted by Crippen LogP contribution is -2.34. The van der Waals surface area contributed by atoms with E-state index >= 15 is 0 Å². The van der Waals surface area contributed by atoms with Gasteiger partial charge in [-0.2, -0.15) is 0 Å². The van der Waals surface area contributed by atoms with Gasteiger partial charge in [0.25, 0.3) is 5.91 Å². The maximum atomic E-state index is 12.3. The maximum absolute atomic E-state index is 12.3. The first-order valence-electron chi connectivity index (χ1n) is 6.70. The lowest BCUT2D eigenvalue weighted by Gasteiger charge is -2.20. The molecule has 2 rings (SSSR count). The van der Waals surface area contributed by atoms with Crippen molar-refractivity contribution >= 4 is 23.5 Å². The fourth-order valence-corrected chi connectivity index (χ4v) is 2.41. The minimum absolute atomic E-state index is 0.187. The molecule has 1 aromatic rings. The summed E-state index contributed by atoms with van der Waals surface area (Å²) >= 11 is 6.02. The van der Waals surface area contributed by atoms with E-state index < -0.39 is 6.10 Å². The first-order valence-corrected chi connectivity index (χ1v) is 7.08. The van der Waals surface area contributed by atoms with Gasteiger partial charge in [-0.1, -0.05) is 11.6 Å². The van der Waals surface area contributed by atoms with Crippen LogP contribution in [0.25, 0.3) is 0 Å². The molecule has 0 radical (unpaired) electrons. The normalized spacial score (nSPS) is 16.3. The number of carbonyl (C=O) groups is 1. The Balaban J connectivity index is 2.21. The van der Waals surface area contributed by atoms with Gasteiger partial charge in [0.05, 0.1) is 17.3 Å². The third kappa shape index (κ3) is 3.37. The molecule has 20 heavy (non-hydrogen) atoms. The van der Waals surface area contributed by atoms with Crippen LogP contribution in [-0.2, 0) is 0 Å². The molecule has 1 amide bonds. The Hall–Kier alpha value is -1.40. The first kappa shape index (κ1) is 15.0. The molecule has 6 nitrogen and oxygen atoms in total. The molecule has 0 aromatic carbocycles. The van der Waals surface area contributed by atoms with Crippen LogP contribution in [0.15, 0.2) is 6.20 Å². The maximum Gasteiger partial charge on any atom is 0.274 e. The van der Waals surface area contributed by atoms with E-state index in [9.17, 15) is 9.90 Å². The van der Waals surface area contributed by atoms with Crippen molar-refractivity contribution in [2.45, 2.75) is 25.9 Å². The Morgan fingerprint density at radius 3 is 2.80 bits per heavy atom. The average molecular weight is 299 g/mol. The third-order valence-corrected chi connectivity index (χ3v) is 3.48. The van der Waals surface area contributed by atoms with Gasteiger partial charge >= 0.3 is 0 Å². The van der Waals surface area contributed by atoms with E-state index in [1.807, 2.05) is 4.90 Å². The van der Waals surface area contributed by atoms with Gasteiger partial charge in [0, 0.05) is 26.7 Å². The number of aliphatic hydroxyl groups excluding tert-OH is 1. The molecule has 110 valence electrons. The summed E-state index contributed by atoms with van der Waals surface area (Å²) in [4.78, 5) is 24.2. The fourth-order valence-electron chi connectivity index (χ4n) is 2.24. The molecular weight excluding hydrogens is 280 g/mol. The number of halogens is 1. The summed E-state index contributed by atoms with van der Waals surface area (Å²) in [5.41, 5.74) is 0.187. The van der Waals surface area contributed by atoms with Crippen LogP contribution in [0.2, 0.25) is 5.02 Å². The number of rotatable bonds is 4. The summed E-state index contributed by atoms with van der Waals surface area (Å²) in [6.45, 7) is 3.66. The molecule has 0 spiro atoms. The van der Waals surface area contributed by atoms with Crippen molar-refractivity contribution in [1.82, 2.24) is 14.9 Å². The van der Waals surface area contributed by atoms with E-state index in [1.165, 1.54) is 11.1 Å². The second-order valence-corrected chi connectivity index (χ2v) is 5.50. The first-order chi connectivity index (χ1) is 9.49. The Kier molecular flexibility index (Phi) is 4.77. The number of carbonyl (C=O) groups excluding carboxylic acids is 1. The molecule has 1 fully saturated rings. The van der Waals surface area contributed by atoms with E-state index in [2.05, 4.69) is 9.97 Å². The minimum Gasteiger partial charge on any atom is -0.392 e. The number of nitrogens with zero attached hydrogens (tertiary/aromatic N) is 4. The molecule has 1 unspecified atom stereocenters. The summed E-state index contributed by atoms with van der Waals surface area (Å²) < 4.78 is 0. The molecule has 7 heteroatoms. The van der Waals surface area contributed by atoms with Crippen LogP contribution in [0, 0.1) is 0 Å². The Morgan fingerprint density at radius 1 is 1.55 bits per heavy atom. The van der Waals surface area contributed by atoms with Gasteiger partial charge < -0.3 is 14.9 Å². The SMILES string of the molecule is CC(O)CN(C)C(=O)c1nc(N2CCCC2)ncc1Cl. The molecular formula is C13H19ClN4O2. The standard InChI is InChI=1S/C13H19ClN4O2/c1-9(19)8-17(2)12(20)11-10(14)7-15-13(16-11)18-5-3-4-6-18/h7,9,19H,3-6,8H2,1-2H3. The zero-order valence-corrected chi connectivity index (χ0v) is 12.5. The number of aliphatic hydroxyl groups is 1. The van der Waals surface area contributed by atoms with Crippen LogP contribution in [0.5, 0.6) is 0 Å². The van der Waals surface area contributed by atoms with Gasteiger partial charge in [0.2, 0.25) is 5.95 Å². The van der Waals surface area contributed by atoms with Crippen molar-refractivity contribution < 1.29 is 9.90 Å². The number of amides is 1. The highest BCUT2D eigenvalue weighted by molar-refractivity contribution is 6.33. The number of hydrogen-bond donors (Lipinski definition) is 1. The second-order valence-electron chi connectivity index (χ2n) is 5.10. The Labute approximate surface area is 123 Å². The molecule has 0 saturated carbocycles. The molecule has 2 heterocycles. The van der Waals surface area contributed by atoms with Gasteiger partial charge in [-0.25, -0.2) is 9.97 Å². The van der Waals surface area contributed by atoms with Crippen molar-refractivity contribution in [2.75, 3.05) is 31.6 Å². The van der Waals surface area contributed by atoms with E-state index in [1.54, 1.807) is 14.0 Å². The van der Waals surface area contributed by atoms with E-state index in [4.69, 9.17) is 11.6 Å².